The Morgan fingerprint density at radius 3 is 2.85 bits per heavy atom. The molecule has 0 saturated carbocycles. The van der Waals surface area contributed by atoms with E-state index in [0.29, 0.717) is 35.3 Å². The Bertz CT molecular complexity index is 1490. The molecule has 1 saturated heterocycles. The summed E-state index contributed by atoms with van der Waals surface area (Å²) in [4.78, 5) is 35.3. The molecule has 9 heteroatoms. The molecular formula is C25H24ClFN4O3. The van der Waals surface area contributed by atoms with Crippen LogP contribution in [0.25, 0.3) is 16.6 Å². The fraction of sp³-hybridized carbons (Fsp3) is 0.320. The third-order valence-electron chi connectivity index (χ3n) is 6.82. The van der Waals surface area contributed by atoms with Gasteiger partial charge in [-0.1, -0.05) is 12.1 Å². The summed E-state index contributed by atoms with van der Waals surface area (Å²) in [6.45, 7) is 3.81. The highest BCUT2D eigenvalue weighted by Crippen LogP contribution is 2.30. The molecule has 1 atom stereocenters. The minimum atomic E-state index is -0.288. The Balaban J connectivity index is 0.00000241. The van der Waals surface area contributed by atoms with Crippen molar-refractivity contribution in [3.8, 4) is 0 Å². The first-order chi connectivity index (χ1) is 16.0. The highest BCUT2D eigenvalue weighted by molar-refractivity contribution is 5.99. The van der Waals surface area contributed by atoms with Gasteiger partial charge in [-0.2, -0.15) is 0 Å². The number of rotatable bonds is 2. The zero-order valence-corrected chi connectivity index (χ0v) is 19.5. The van der Waals surface area contributed by atoms with Gasteiger partial charge in [0.05, 0.1) is 23.8 Å². The Hall–Kier alpha value is -3.23. The number of hydrogen-bond acceptors (Lipinski definition) is 4. The molecule has 0 bridgehead atoms. The molecule has 176 valence electrons. The van der Waals surface area contributed by atoms with E-state index in [1.165, 1.54) is 6.07 Å². The standard InChI is InChI=1S/C25H23FN4O3.ClH/c1-14-8-21-20(9-17(14)25(32)29-11-15-4-2-6-19(26)18(15)12-29)28-24(31)22-10-27-23(30(21)22)16-5-3-7-33-13-16;/h2,4,6,8-10,16H,3,5,7,11-13H2,1H3,(H,28,31);1H. The van der Waals surface area contributed by atoms with Crippen LogP contribution in [0, 0.1) is 12.7 Å². The van der Waals surface area contributed by atoms with E-state index in [1.807, 2.05) is 23.5 Å². The van der Waals surface area contributed by atoms with Crippen LogP contribution in [0.4, 0.5) is 4.39 Å². The summed E-state index contributed by atoms with van der Waals surface area (Å²) in [5, 5.41) is 0. The van der Waals surface area contributed by atoms with Crippen molar-refractivity contribution in [2.45, 2.75) is 38.8 Å². The second kappa shape index (κ2) is 8.52. The van der Waals surface area contributed by atoms with Crippen molar-refractivity contribution < 1.29 is 13.9 Å². The first-order valence-electron chi connectivity index (χ1n) is 11.2. The summed E-state index contributed by atoms with van der Waals surface area (Å²) in [6, 6.07) is 8.59. The summed E-state index contributed by atoms with van der Waals surface area (Å²) >= 11 is 0. The third-order valence-corrected chi connectivity index (χ3v) is 6.82. The number of aromatic amines is 1. The molecule has 4 heterocycles. The highest BCUT2D eigenvalue weighted by atomic mass is 35.5. The van der Waals surface area contributed by atoms with E-state index >= 15 is 0 Å². The number of aromatic nitrogens is 3. The zero-order chi connectivity index (χ0) is 22.7. The van der Waals surface area contributed by atoms with E-state index < -0.39 is 0 Å². The predicted molar refractivity (Wildman–Crippen MR) is 128 cm³/mol. The molecule has 2 aromatic carbocycles. The number of fused-ring (bicyclic) bond motifs is 4. The maximum atomic E-state index is 14.2. The van der Waals surface area contributed by atoms with Crippen LogP contribution in [0.3, 0.4) is 0 Å². The SMILES string of the molecule is Cc1cc2c(cc1C(=O)N1Cc3cccc(F)c3C1)[nH]c(=O)c1cnc(C3CCCOC3)n12.Cl. The molecule has 0 aliphatic carbocycles. The Morgan fingerprint density at radius 2 is 2.09 bits per heavy atom. The summed E-state index contributed by atoms with van der Waals surface area (Å²) in [6.07, 6.45) is 3.51. The van der Waals surface area contributed by atoms with Crippen molar-refractivity contribution in [1.82, 2.24) is 19.3 Å². The van der Waals surface area contributed by atoms with Gasteiger partial charge in [0, 0.05) is 36.7 Å². The largest absolute Gasteiger partial charge is 0.381 e. The lowest BCUT2D eigenvalue weighted by atomic mass is 10.0. The van der Waals surface area contributed by atoms with Gasteiger partial charge in [0.15, 0.2) is 0 Å². The normalized spacial score (nSPS) is 17.7. The number of carbonyl (C=O) groups excluding carboxylic acids is 1. The minimum absolute atomic E-state index is 0. The van der Waals surface area contributed by atoms with E-state index in [9.17, 15) is 14.0 Å². The minimum Gasteiger partial charge on any atom is -0.381 e. The van der Waals surface area contributed by atoms with Crippen LogP contribution in [0.5, 0.6) is 0 Å². The number of H-pyrrole nitrogens is 1. The first-order valence-corrected chi connectivity index (χ1v) is 11.2. The van der Waals surface area contributed by atoms with Gasteiger partial charge in [0.1, 0.15) is 17.2 Å². The molecule has 1 amide bonds. The molecule has 7 nitrogen and oxygen atoms in total. The topological polar surface area (TPSA) is 79.7 Å². The zero-order valence-electron chi connectivity index (χ0n) is 18.6. The molecule has 2 aromatic heterocycles. The van der Waals surface area contributed by atoms with Gasteiger partial charge in [-0.05, 0) is 49.1 Å². The van der Waals surface area contributed by atoms with Crippen molar-refractivity contribution in [3.63, 3.8) is 0 Å². The summed E-state index contributed by atoms with van der Waals surface area (Å²) in [5.41, 5.74) is 4.27. The van der Waals surface area contributed by atoms with E-state index in [4.69, 9.17) is 4.74 Å². The lowest BCUT2D eigenvalue weighted by Gasteiger charge is -2.22. The summed E-state index contributed by atoms with van der Waals surface area (Å²) < 4.78 is 21.7. The Morgan fingerprint density at radius 1 is 1.24 bits per heavy atom. The summed E-state index contributed by atoms with van der Waals surface area (Å²) in [5.74, 6) is 0.456. The van der Waals surface area contributed by atoms with E-state index in [1.54, 1.807) is 23.2 Å². The Kier molecular flexibility index (Phi) is 5.65. The van der Waals surface area contributed by atoms with Gasteiger partial charge >= 0.3 is 0 Å². The molecule has 2 aliphatic heterocycles. The molecule has 0 radical (unpaired) electrons. The fourth-order valence-electron chi connectivity index (χ4n) is 5.10. The molecule has 1 unspecified atom stereocenters. The Labute approximate surface area is 201 Å². The lowest BCUT2D eigenvalue weighted by molar-refractivity contribution is 0.0750. The van der Waals surface area contributed by atoms with Gasteiger partial charge < -0.3 is 14.6 Å². The quantitative estimate of drug-likeness (QED) is 0.466. The average Bonchev–Trinajstić information content (AvgIpc) is 3.46. The van der Waals surface area contributed by atoms with Crippen molar-refractivity contribution in [2.75, 3.05) is 13.2 Å². The first kappa shape index (κ1) is 22.6. The van der Waals surface area contributed by atoms with Crippen molar-refractivity contribution in [3.05, 3.63) is 80.8 Å². The molecule has 34 heavy (non-hydrogen) atoms. The third kappa shape index (κ3) is 3.49. The van der Waals surface area contributed by atoms with Crippen LogP contribution in [0.1, 0.15) is 51.6 Å². The van der Waals surface area contributed by atoms with Gasteiger partial charge in [-0.15, -0.1) is 12.4 Å². The van der Waals surface area contributed by atoms with Gasteiger partial charge in [0.2, 0.25) is 0 Å². The number of carbonyl (C=O) groups is 1. The van der Waals surface area contributed by atoms with Crippen molar-refractivity contribution in [1.29, 1.82) is 0 Å². The predicted octanol–water partition coefficient (Wildman–Crippen LogP) is 4.10. The summed E-state index contributed by atoms with van der Waals surface area (Å²) in [7, 11) is 0. The van der Waals surface area contributed by atoms with E-state index in [-0.39, 0.29) is 42.2 Å². The van der Waals surface area contributed by atoms with Crippen LogP contribution < -0.4 is 5.56 Å². The van der Waals surface area contributed by atoms with Crippen LogP contribution in [0.2, 0.25) is 0 Å². The van der Waals surface area contributed by atoms with Crippen LogP contribution in [-0.4, -0.2) is 38.4 Å². The van der Waals surface area contributed by atoms with Crippen LogP contribution in [0.15, 0.2) is 41.3 Å². The number of amides is 1. The molecular weight excluding hydrogens is 459 g/mol. The fourth-order valence-corrected chi connectivity index (χ4v) is 5.10. The molecule has 0 spiro atoms. The molecule has 6 rings (SSSR count). The second-order valence-corrected chi connectivity index (χ2v) is 8.93. The number of nitrogens with one attached hydrogen (secondary N) is 1. The maximum absolute atomic E-state index is 14.2. The number of halogens is 2. The lowest BCUT2D eigenvalue weighted by Crippen LogP contribution is -2.26. The van der Waals surface area contributed by atoms with Crippen molar-refractivity contribution >= 4 is 34.9 Å². The number of aryl methyl sites for hydroxylation is 1. The number of imidazole rings is 1. The molecule has 2 aliphatic rings. The molecule has 4 aromatic rings. The van der Waals surface area contributed by atoms with Gasteiger partial charge in [-0.3, -0.25) is 14.0 Å². The van der Waals surface area contributed by atoms with Gasteiger partial charge in [-0.25, -0.2) is 9.37 Å². The second-order valence-electron chi connectivity index (χ2n) is 8.93. The molecule has 1 fully saturated rings. The maximum Gasteiger partial charge on any atom is 0.274 e. The van der Waals surface area contributed by atoms with Crippen LogP contribution in [-0.2, 0) is 17.8 Å². The smallest absolute Gasteiger partial charge is 0.274 e. The average molecular weight is 483 g/mol. The van der Waals surface area contributed by atoms with E-state index in [0.717, 1.165) is 41.9 Å². The number of benzene rings is 2. The van der Waals surface area contributed by atoms with Gasteiger partial charge in [0.25, 0.3) is 11.5 Å². The van der Waals surface area contributed by atoms with Crippen LogP contribution >= 0.6 is 12.4 Å². The van der Waals surface area contributed by atoms with Crippen molar-refractivity contribution in [2.24, 2.45) is 0 Å². The highest BCUT2D eigenvalue weighted by Gasteiger charge is 2.28. The number of nitrogens with zero attached hydrogens (tertiary/aromatic N) is 3. The van der Waals surface area contributed by atoms with E-state index in [2.05, 4.69) is 9.97 Å². The molecule has 1 N–H and O–H groups in total. The number of ether oxygens (including phenoxy) is 1. The monoisotopic (exact) mass is 482 g/mol. The number of hydrogen-bond donors (Lipinski definition) is 1.